The lowest BCUT2D eigenvalue weighted by atomic mass is 9.93. The number of H-pyrrole nitrogens is 1. The highest BCUT2D eigenvalue weighted by Gasteiger charge is 2.21. The average Bonchev–Trinajstić information content (AvgIpc) is 2.66. The summed E-state index contributed by atoms with van der Waals surface area (Å²) in [5, 5.41) is 17.8. The molecule has 0 saturated heterocycles. The molecule has 0 atom stereocenters. The number of thiol groups is 1. The van der Waals surface area contributed by atoms with Gasteiger partial charge in [0.2, 0.25) is 0 Å². The Balaban J connectivity index is 2.62. The van der Waals surface area contributed by atoms with Crippen LogP contribution in [0.1, 0.15) is 35.4 Å². The highest BCUT2D eigenvalue weighted by Crippen LogP contribution is 2.34. The lowest BCUT2D eigenvalue weighted by Crippen LogP contribution is -2.02. The van der Waals surface area contributed by atoms with Gasteiger partial charge in [-0.1, -0.05) is 0 Å². The van der Waals surface area contributed by atoms with Crippen molar-refractivity contribution >= 4 is 17.5 Å². The summed E-state index contributed by atoms with van der Waals surface area (Å²) < 4.78 is 0. The minimum atomic E-state index is 0.0869. The predicted octanol–water partition coefficient (Wildman–Crippen LogP) is 2.89. The summed E-state index contributed by atoms with van der Waals surface area (Å²) in [6.45, 7) is 1.97. The monoisotopic (exact) mass is 243 g/mol. The molecule has 0 amide bonds. The van der Waals surface area contributed by atoms with Crippen molar-refractivity contribution in [3.05, 3.63) is 28.1 Å². The number of nitrogens with zero attached hydrogens (tertiary/aromatic N) is 2. The zero-order valence-electron chi connectivity index (χ0n) is 9.67. The number of aromatic amines is 1. The molecule has 0 aliphatic heterocycles. The highest BCUT2D eigenvalue weighted by atomic mass is 32.1. The van der Waals surface area contributed by atoms with Crippen LogP contribution in [0.25, 0.3) is 4.91 Å². The summed E-state index contributed by atoms with van der Waals surface area (Å²) in [5.41, 5.74) is 4.53. The standard InChI is InChI=1S/C13H13N3S/c1-8-12(13(17)9(6-14)7-15)10-4-2-3-5-11(10)16-8/h16-17H,2-5H2,1H3. The first kappa shape index (κ1) is 11.8. The Kier molecular flexibility index (Phi) is 3.26. The van der Waals surface area contributed by atoms with Crippen molar-refractivity contribution in [1.29, 1.82) is 10.5 Å². The van der Waals surface area contributed by atoms with E-state index >= 15 is 0 Å². The molecule has 1 aliphatic rings. The summed E-state index contributed by atoms with van der Waals surface area (Å²) in [7, 11) is 0. The largest absolute Gasteiger partial charge is 0.362 e. The molecule has 17 heavy (non-hydrogen) atoms. The molecule has 3 nitrogen and oxygen atoms in total. The molecule has 0 saturated carbocycles. The SMILES string of the molecule is Cc1[nH]c2c(c1C(S)=C(C#N)C#N)CCCC2. The van der Waals surface area contributed by atoms with Crippen LogP contribution in [0.4, 0.5) is 0 Å². The van der Waals surface area contributed by atoms with E-state index in [4.69, 9.17) is 10.5 Å². The Morgan fingerprint density at radius 2 is 1.88 bits per heavy atom. The zero-order chi connectivity index (χ0) is 12.4. The third kappa shape index (κ3) is 1.97. The molecule has 0 unspecified atom stereocenters. The van der Waals surface area contributed by atoms with Crippen LogP contribution >= 0.6 is 12.6 Å². The van der Waals surface area contributed by atoms with Gasteiger partial charge in [-0.3, -0.25) is 0 Å². The van der Waals surface area contributed by atoms with E-state index in [0.29, 0.717) is 4.91 Å². The van der Waals surface area contributed by atoms with Gasteiger partial charge in [-0.25, -0.2) is 0 Å². The predicted molar refractivity (Wildman–Crippen MR) is 69.3 cm³/mol. The lowest BCUT2D eigenvalue weighted by Gasteiger charge is -2.12. The first-order valence-corrected chi connectivity index (χ1v) is 6.08. The molecule has 2 rings (SSSR count). The van der Waals surface area contributed by atoms with Crippen LogP contribution in [0.5, 0.6) is 0 Å². The van der Waals surface area contributed by atoms with E-state index in [1.54, 1.807) is 0 Å². The minimum absolute atomic E-state index is 0.0869. The molecule has 1 aromatic heterocycles. The van der Waals surface area contributed by atoms with Crippen LogP contribution < -0.4 is 0 Å². The van der Waals surface area contributed by atoms with Crippen molar-refractivity contribution in [3.63, 3.8) is 0 Å². The summed E-state index contributed by atoms with van der Waals surface area (Å²) in [4.78, 5) is 3.85. The smallest absolute Gasteiger partial charge is 0.143 e. The summed E-state index contributed by atoms with van der Waals surface area (Å²) in [6, 6.07) is 3.80. The molecule has 4 heteroatoms. The molecule has 0 radical (unpaired) electrons. The fourth-order valence-corrected chi connectivity index (χ4v) is 2.81. The van der Waals surface area contributed by atoms with E-state index in [1.165, 1.54) is 17.7 Å². The van der Waals surface area contributed by atoms with Crippen molar-refractivity contribution < 1.29 is 0 Å². The van der Waals surface area contributed by atoms with E-state index in [2.05, 4.69) is 17.6 Å². The van der Waals surface area contributed by atoms with E-state index in [1.807, 2.05) is 19.1 Å². The third-order valence-electron chi connectivity index (χ3n) is 3.18. The van der Waals surface area contributed by atoms with Gasteiger partial charge < -0.3 is 4.98 Å². The number of hydrogen-bond donors (Lipinski definition) is 2. The first-order valence-electron chi connectivity index (χ1n) is 5.63. The Morgan fingerprint density at radius 3 is 2.53 bits per heavy atom. The van der Waals surface area contributed by atoms with Crippen LogP contribution in [0.2, 0.25) is 0 Å². The van der Waals surface area contributed by atoms with Crippen LogP contribution in [-0.4, -0.2) is 4.98 Å². The molecule has 0 spiro atoms. The number of hydrogen-bond acceptors (Lipinski definition) is 3. The van der Waals surface area contributed by atoms with Gasteiger partial charge in [-0.2, -0.15) is 10.5 Å². The highest BCUT2D eigenvalue weighted by molar-refractivity contribution is 7.90. The number of aromatic nitrogens is 1. The minimum Gasteiger partial charge on any atom is -0.362 e. The maximum Gasteiger partial charge on any atom is 0.143 e. The molecule has 0 aromatic carbocycles. The fourth-order valence-electron chi connectivity index (χ4n) is 2.41. The Morgan fingerprint density at radius 1 is 1.24 bits per heavy atom. The molecule has 86 valence electrons. The Bertz CT molecular complexity index is 551. The van der Waals surface area contributed by atoms with E-state index in [-0.39, 0.29) is 5.57 Å². The van der Waals surface area contributed by atoms with Gasteiger partial charge in [0.15, 0.2) is 0 Å². The van der Waals surface area contributed by atoms with E-state index in [9.17, 15) is 0 Å². The zero-order valence-corrected chi connectivity index (χ0v) is 10.6. The van der Waals surface area contributed by atoms with Crippen molar-refractivity contribution in [2.75, 3.05) is 0 Å². The van der Waals surface area contributed by atoms with Crippen molar-refractivity contribution in [1.82, 2.24) is 4.98 Å². The van der Waals surface area contributed by atoms with E-state index < -0.39 is 0 Å². The van der Waals surface area contributed by atoms with Gasteiger partial charge >= 0.3 is 0 Å². The molecule has 1 heterocycles. The normalized spacial score (nSPS) is 13.4. The van der Waals surface area contributed by atoms with Crippen molar-refractivity contribution in [2.24, 2.45) is 0 Å². The first-order chi connectivity index (χ1) is 8.19. The molecule has 1 aromatic rings. The van der Waals surface area contributed by atoms with Crippen LogP contribution in [0.15, 0.2) is 5.57 Å². The number of nitrogens with one attached hydrogen (secondary N) is 1. The van der Waals surface area contributed by atoms with Crippen molar-refractivity contribution in [3.8, 4) is 12.1 Å². The second-order valence-corrected chi connectivity index (χ2v) is 4.68. The third-order valence-corrected chi connectivity index (χ3v) is 3.63. The quantitative estimate of drug-likeness (QED) is 0.588. The second-order valence-electron chi connectivity index (χ2n) is 4.24. The maximum atomic E-state index is 8.90. The summed E-state index contributed by atoms with van der Waals surface area (Å²) >= 11 is 4.36. The van der Waals surface area contributed by atoms with Gasteiger partial charge in [0.1, 0.15) is 17.7 Å². The van der Waals surface area contributed by atoms with Gasteiger partial charge in [0.05, 0.1) is 0 Å². The van der Waals surface area contributed by atoms with Crippen LogP contribution in [0.3, 0.4) is 0 Å². The average molecular weight is 243 g/mol. The number of aryl methyl sites for hydroxylation is 2. The Labute approximate surface area is 106 Å². The maximum absolute atomic E-state index is 8.90. The van der Waals surface area contributed by atoms with Crippen LogP contribution in [0, 0.1) is 29.6 Å². The number of fused-ring (bicyclic) bond motifs is 1. The van der Waals surface area contributed by atoms with Gasteiger partial charge in [-0.05, 0) is 38.2 Å². The lowest BCUT2D eigenvalue weighted by molar-refractivity contribution is 0.676. The molecular formula is C13H13N3S. The molecule has 0 fully saturated rings. The fraction of sp³-hybridized carbons (Fsp3) is 0.385. The Hall–Kier alpha value is -1.65. The van der Waals surface area contributed by atoms with Gasteiger partial charge in [-0.15, -0.1) is 12.6 Å². The van der Waals surface area contributed by atoms with Gasteiger partial charge in [0, 0.05) is 21.9 Å². The van der Waals surface area contributed by atoms with Gasteiger partial charge in [0.25, 0.3) is 0 Å². The van der Waals surface area contributed by atoms with Crippen molar-refractivity contribution in [2.45, 2.75) is 32.6 Å². The summed E-state index contributed by atoms with van der Waals surface area (Å²) in [5.74, 6) is 0. The topological polar surface area (TPSA) is 63.4 Å². The summed E-state index contributed by atoms with van der Waals surface area (Å²) in [6.07, 6.45) is 4.41. The van der Waals surface area contributed by atoms with Crippen LogP contribution in [-0.2, 0) is 12.8 Å². The molecule has 1 aliphatic carbocycles. The molecule has 0 bridgehead atoms. The number of rotatable bonds is 1. The number of allylic oxidation sites excluding steroid dienone is 1. The molecular weight excluding hydrogens is 230 g/mol. The number of nitriles is 2. The van der Waals surface area contributed by atoms with E-state index in [0.717, 1.165) is 30.5 Å². The molecule has 1 N–H and O–H groups in total. The second kappa shape index (κ2) is 4.69.